The molecule has 1 aromatic carbocycles. The molecule has 1 aliphatic carbocycles. The quantitative estimate of drug-likeness (QED) is 0.632. The minimum atomic E-state index is 0.510. The van der Waals surface area contributed by atoms with Crippen LogP contribution in [0.3, 0.4) is 0 Å². The zero-order chi connectivity index (χ0) is 10.8. The van der Waals surface area contributed by atoms with Crippen LogP contribution in [-0.4, -0.2) is 0 Å². The Morgan fingerprint density at radius 3 is 3.00 bits per heavy atom. The number of aryl methyl sites for hydroxylation is 1. The Hall–Kier alpha value is -1.48. The van der Waals surface area contributed by atoms with E-state index in [2.05, 4.69) is 50.1 Å². The van der Waals surface area contributed by atoms with E-state index >= 15 is 0 Å². The van der Waals surface area contributed by atoms with Crippen LogP contribution < -0.4 is 0 Å². The average molecular weight is 196 g/mol. The lowest BCUT2D eigenvalue weighted by atomic mass is 9.86. The summed E-state index contributed by atoms with van der Waals surface area (Å²) in [7, 11) is 0. The molecule has 0 heterocycles. The van der Waals surface area contributed by atoms with E-state index in [0.717, 1.165) is 6.42 Å². The van der Waals surface area contributed by atoms with Crippen LogP contribution in [0.25, 0.3) is 6.08 Å². The second-order valence-corrected chi connectivity index (χ2v) is 4.35. The van der Waals surface area contributed by atoms with Gasteiger partial charge in [-0.2, -0.15) is 0 Å². The monoisotopic (exact) mass is 196 g/mol. The fourth-order valence-electron chi connectivity index (χ4n) is 2.33. The summed E-state index contributed by atoms with van der Waals surface area (Å²) < 4.78 is 0. The van der Waals surface area contributed by atoms with Gasteiger partial charge < -0.3 is 0 Å². The van der Waals surface area contributed by atoms with Gasteiger partial charge >= 0.3 is 0 Å². The zero-order valence-corrected chi connectivity index (χ0v) is 9.33. The number of terminal acetylenes is 1. The second-order valence-electron chi connectivity index (χ2n) is 4.35. The lowest BCUT2D eigenvalue weighted by molar-refractivity contribution is 0.544. The minimum Gasteiger partial charge on any atom is -0.120 e. The average Bonchev–Trinajstić information content (AvgIpc) is 2.63. The van der Waals surface area contributed by atoms with E-state index in [0.29, 0.717) is 11.8 Å². The minimum absolute atomic E-state index is 0.510. The molecule has 0 spiro atoms. The van der Waals surface area contributed by atoms with Crippen LogP contribution in [0, 0.1) is 25.2 Å². The fourth-order valence-corrected chi connectivity index (χ4v) is 2.33. The molecular formula is C15H16. The molecule has 76 valence electrons. The number of allylic oxidation sites excluding steroid dienone is 1. The third-order valence-electron chi connectivity index (χ3n) is 3.24. The van der Waals surface area contributed by atoms with Crippen molar-refractivity contribution in [2.24, 2.45) is 5.92 Å². The summed E-state index contributed by atoms with van der Waals surface area (Å²) in [6.07, 6.45) is 10.8. The summed E-state index contributed by atoms with van der Waals surface area (Å²) in [4.78, 5) is 0. The lowest BCUT2D eigenvalue weighted by Crippen LogP contribution is -2.05. The highest BCUT2D eigenvalue weighted by atomic mass is 14.3. The summed E-state index contributed by atoms with van der Waals surface area (Å²) in [6, 6.07) is 6.52. The summed E-state index contributed by atoms with van der Waals surface area (Å²) in [5.74, 6) is 3.80. The van der Waals surface area contributed by atoms with Crippen molar-refractivity contribution in [2.45, 2.75) is 26.2 Å². The third-order valence-corrected chi connectivity index (χ3v) is 3.24. The topological polar surface area (TPSA) is 0 Å². The third kappa shape index (κ3) is 1.70. The van der Waals surface area contributed by atoms with Crippen molar-refractivity contribution in [1.29, 1.82) is 0 Å². The van der Waals surface area contributed by atoms with Gasteiger partial charge in [-0.1, -0.05) is 37.3 Å². The van der Waals surface area contributed by atoms with Crippen LogP contribution in [0.1, 0.15) is 36.0 Å². The van der Waals surface area contributed by atoms with E-state index in [9.17, 15) is 0 Å². The van der Waals surface area contributed by atoms with Crippen LogP contribution in [-0.2, 0) is 0 Å². The Balaban J connectivity index is 2.34. The largest absolute Gasteiger partial charge is 0.120 e. The van der Waals surface area contributed by atoms with Crippen LogP contribution in [0.15, 0.2) is 24.3 Å². The first-order valence-electron chi connectivity index (χ1n) is 5.45. The smallest absolute Gasteiger partial charge is 0.0121 e. The predicted octanol–water partition coefficient (Wildman–Crippen LogP) is 3.76. The van der Waals surface area contributed by atoms with Crippen molar-refractivity contribution in [1.82, 2.24) is 0 Å². The molecule has 15 heavy (non-hydrogen) atoms. The number of benzene rings is 1. The summed E-state index contributed by atoms with van der Waals surface area (Å²) in [5.41, 5.74) is 4.20. The number of hydrogen-bond donors (Lipinski definition) is 0. The normalized spacial score (nSPS) is 19.7. The highest BCUT2D eigenvalue weighted by Crippen LogP contribution is 2.37. The van der Waals surface area contributed by atoms with E-state index in [1.165, 1.54) is 16.7 Å². The fraction of sp³-hybridized carbons (Fsp3) is 0.333. The second kappa shape index (κ2) is 3.95. The molecule has 2 unspecified atom stereocenters. The van der Waals surface area contributed by atoms with Gasteiger partial charge in [-0.15, -0.1) is 12.3 Å². The first-order chi connectivity index (χ1) is 7.24. The zero-order valence-electron chi connectivity index (χ0n) is 9.33. The molecule has 2 rings (SSSR count). The van der Waals surface area contributed by atoms with Crippen molar-refractivity contribution in [3.8, 4) is 12.3 Å². The highest BCUT2D eigenvalue weighted by molar-refractivity contribution is 5.65. The number of hydrogen-bond acceptors (Lipinski definition) is 0. The van der Waals surface area contributed by atoms with Gasteiger partial charge in [0.2, 0.25) is 0 Å². The van der Waals surface area contributed by atoms with Gasteiger partial charge in [-0.3, -0.25) is 0 Å². The molecule has 0 N–H and O–H groups in total. The molecule has 1 aliphatic rings. The lowest BCUT2D eigenvalue weighted by Gasteiger charge is -2.17. The number of rotatable bonds is 2. The summed E-state index contributed by atoms with van der Waals surface area (Å²) in [5, 5.41) is 0. The van der Waals surface area contributed by atoms with Gasteiger partial charge in [0.1, 0.15) is 0 Å². The molecule has 0 radical (unpaired) electrons. The van der Waals surface area contributed by atoms with Gasteiger partial charge in [0.15, 0.2) is 0 Å². The molecule has 2 atom stereocenters. The Labute approximate surface area is 92.0 Å². The van der Waals surface area contributed by atoms with Crippen LogP contribution in [0.4, 0.5) is 0 Å². The van der Waals surface area contributed by atoms with Gasteiger partial charge in [-0.25, -0.2) is 0 Å². The molecule has 1 aromatic rings. The van der Waals surface area contributed by atoms with Gasteiger partial charge in [-0.05, 0) is 29.5 Å². The van der Waals surface area contributed by atoms with Gasteiger partial charge in [0.25, 0.3) is 0 Å². The maximum absolute atomic E-state index is 5.37. The first-order valence-corrected chi connectivity index (χ1v) is 5.45. The van der Waals surface area contributed by atoms with E-state index in [-0.39, 0.29) is 0 Å². The Morgan fingerprint density at radius 1 is 1.47 bits per heavy atom. The molecular weight excluding hydrogens is 180 g/mol. The Morgan fingerprint density at radius 2 is 2.27 bits per heavy atom. The van der Waals surface area contributed by atoms with Crippen LogP contribution in [0.2, 0.25) is 0 Å². The van der Waals surface area contributed by atoms with Crippen LogP contribution in [0.5, 0.6) is 0 Å². The Bertz CT molecular complexity index is 432. The highest BCUT2D eigenvalue weighted by Gasteiger charge is 2.22. The predicted molar refractivity (Wildman–Crippen MR) is 65.6 cm³/mol. The van der Waals surface area contributed by atoms with Crippen molar-refractivity contribution >= 4 is 6.08 Å². The SMILES string of the molecule is C#CCC(C)C1C=Cc2c(C)cccc21. The standard InChI is InChI=1S/C15H16/c1-4-6-11(2)13-9-10-14-12(3)7-5-8-15(13)14/h1,5,7-11,13H,6H2,2-3H3. The molecule has 0 fully saturated rings. The summed E-state index contributed by atoms with van der Waals surface area (Å²) >= 11 is 0. The summed E-state index contributed by atoms with van der Waals surface area (Å²) in [6.45, 7) is 4.39. The van der Waals surface area contributed by atoms with Crippen molar-refractivity contribution in [3.63, 3.8) is 0 Å². The molecule has 0 heteroatoms. The van der Waals surface area contributed by atoms with Gasteiger partial charge in [0.05, 0.1) is 0 Å². The maximum atomic E-state index is 5.37. The Kier molecular flexibility index (Phi) is 2.64. The molecule has 0 aliphatic heterocycles. The van der Waals surface area contributed by atoms with E-state index in [1.54, 1.807) is 0 Å². The molecule has 0 saturated carbocycles. The maximum Gasteiger partial charge on any atom is 0.0121 e. The molecule has 0 bridgehead atoms. The molecule has 0 saturated heterocycles. The molecule has 0 amide bonds. The molecule has 0 nitrogen and oxygen atoms in total. The van der Waals surface area contributed by atoms with Crippen LogP contribution >= 0.6 is 0 Å². The van der Waals surface area contributed by atoms with E-state index in [4.69, 9.17) is 6.42 Å². The van der Waals surface area contributed by atoms with E-state index in [1.807, 2.05) is 0 Å². The van der Waals surface area contributed by atoms with Crippen molar-refractivity contribution < 1.29 is 0 Å². The number of fused-ring (bicyclic) bond motifs is 1. The van der Waals surface area contributed by atoms with E-state index < -0.39 is 0 Å². The molecule has 0 aromatic heterocycles. The first kappa shape index (κ1) is 10.1. The van der Waals surface area contributed by atoms with Crippen molar-refractivity contribution in [2.75, 3.05) is 0 Å². The van der Waals surface area contributed by atoms with Gasteiger partial charge in [0, 0.05) is 12.3 Å². The van der Waals surface area contributed by atoms with Crippen molar-refractivity contribution in [3.05, 3.63) is 41.0 Å².